The number of rotatable bonds is 7. The van der Waals surface area contributed by atoms with Crippen molar-refractivity contribution in [1.82, 2.24) is 0 Å². The summed E-state index contributed by atoms with van der Waals surface area (Å²) in [7, 11) is 0. The summed E-state index contributed by atoms with van der Waals surface area (Å²) in [5.74, 6) is 1.64. The number of hydrogen-bond acceptors (Lipinski definition) is 2. The molecular weight excluding hydrogens is 344 g/mol. The fourth-order valence-electron chi connectivity index (χ4n) is 3.08. The van der Waals surface area contributed by atoms with Crippen LogP contribution in [0.15, 0.2) is 115 Å². The van der Waals surface area contributed by atoms with Gasteiger partial charge in [-0.25, -0.2) is 0 Å². The van der Waals surface area contributed by atoms with E-state index in [1.807, 2.05) is 78.9 Å². The second-order valence-corrected chi connectivity index (χ2v) is 6.56. The Morgan fingerprint density at radius 1 is 0.500 bits per heavy atom. The van der Waals surface area contributed by atoms with Gasteiger partial charge in [0.1, 0.15) is 24.2 Å². The van der Waals surface area contributed by atoms with Crippen LogP contribution in [0.4, 0.5) is 0 Å². The zero-order chi connectivity index (χ0) is 19.0. The molecule has 0 aromatic heterocycles. The molecule has 0 spiro atoms. The van der Waals surface area contributed by atoms with E-state index >= 15 is 0 Å². The summed E-state index contributed by atoms with van der Waals surface area (Å²) in [5.41, 5.74) is 3.40. The fourth-order valence-corrected chi connectivity index (χ4v) is 3.08. The molecule has 28 heavy (non-hydrogen) atoms. The molecule has 4 aromatic carbocycles. The van der Waals surface area contributed by atoms with Gasteiger partial charge in [-0.05, 0) is 41.0 Å². The summed E-state index contributed by atoms with van der Waals surface area (Å²) in [6.45, 7) is 0.553. The summed E-state index contributed by atoms with van der Waals surface area (Å²) in [6, 6.07) is 38.5. The van der Waals surface area contributed by atoms with Gasteiger partial charge in [-0.1, -0.05) is 91.0 Å². The molecule has 0 saturated heterocycles. The van der Waals surface area contributed by atoms with Crippen molar-refractivity contribution in [3.05, 3.63) is 132 Å². The topological polar surface area (TPSA) is 18.5 Å². The minimum absolute atomic E-state index is 0.154. The van der Waals surface area contributed by atoms with E-state index in [0.717, 1.165) is 28.2 Å². The highest BCUT2D eigenvalue weighted by atomic mass is 16.5. The molecule has 2 heteroatoms. The summed E-state index contributed by atoms with van der Waals surface area (Å²) >= 11 is 0. The van der Waals surface area contributed by atoms with Gasteiger partial charge in [-0.3, -0.25) is 0 Å². The first-order valence-corrected chi connectivity index (χ1v) is 9.42. The zero-order valence-electron chi connectivity index (χ0n) is 15.6. The smallest absolute Gasteiger partial charge is 0.149 e. The standard InChI is InChI=1S/C26H22O2/c1-4-10-21(11-5-1)20-27-24-16-18-25(19-17-24)28-26(22-12-6-2-7-13-22)23-14-8-3-9-15-23/h1-19,26H,20H2. The Labute approximate surface area is 166 Å². The van der Waals surface area contributed by atoms with E-state index in [1.165, 1.54) is 0 Å². The van der Waals surface area contributed by atoms with E-state index in [-0.39, 0.29) is 6.10 Å². The lowest BCUT2D eigenvalue weighted by molar-refractivity contribution is 0.246. The van der Waals surface area contributed by atoms with E-state index < -0.39 is 0 Å². The van der Waals surface area contributed by atoms with Crippen LogP contribution in [0.1, 0.15) is 22.8 Å². The summed E-state index contributed by atoms with van der Waals surface area (Å²) in [6.07, 6.45) is -0.154. The van der Waals surface area contributed by atoms with Gasteiger partial charge in [-0.15, -0.1) is 0 Å². The normalized spacial score (nSPS) is 10.6. The van der Waals surface area contributed by atoms with Crippen molar-refractivity contribution >= 4 is 0 Å². The summed E-state index contributed by atoms with van der Waals surface area (Å²) in [4.78, 5) is 0. The van der Waals surface area contributed by atoms with Gasteiger partial charge in [0.2, 0.25) is 0 Å². The van der Waals surface area contributed by atoms with Gasteiger partial charge in [-0.2, -0.15) is 0 Å². The molecule has 0 fully saturated rings. The molecule has 0 atom stereocenters. The summed E-state index contributed by atoms with van der Waals surface area (Å²) < 4.78 is 12.2. The molecule has 0 heterocycles. The molecule has 0 radical (unpaired) electrons. The van der Waals surface area contributed by atoms with E-state index in [0.29, 0.717) is 6.61 Å². The maximum atomic E-state index is 6.35. The second-order valence-electron chi connectivity index (χ2n) is 6.56. The highest BCUT2D eigenvalue weighted by molar-refractivity contribution is 5.35. The first kappa shape index (κ1) is 17.9. The molecule has 0 bridgehead atoms. The first-order chi connectivity index (χ1) is 13.9. The van der Waals surface area contributed by atoms with Crippen molar-refractivity contribution < 1.29 is 9.47 Å². The third kappa shape index (κ3) is 4.60. The van der Waals surface area contributed by atoms with Gasteiger partial charge >= 0.3 is 0 Å². The molecule has 0 amide bonds. The quantitative estimate of drug-likeness (QED) is 0.375. The van der Waals surface area contributed by atoms with Crippen molar-refractivity contribution in [3.63, 3.8) is 0 Å². The van der Waals surface area contributed by atoms with E-state index in [1.54, 1.807) is 0 Å². The third-order valence-electron chi connectivity index (χ3n) is 4.53. The molecular formula is C26H22O2. The second kappa shape index (κ2) is 8.92. The maximum Gasteiger partial charge on any atom is 0.149 e. The molecule has 0 aliphatic heterocycles. The molecule has 0 aliphatic carbocycles. The first-order valence-electron chi connectivity index (χ1n) is 9.42. The lowest BCUT2D eigenvalue weighted by atomic mass is 10.0. The van der Waals surface area contributed by atoms with Crippen molar-refractivity contribution in [2.75, 3.05) is 0 Å². The van der Waals surface area contributed by atoms with Crippen LogP contribution in [-0.4, -0.2) is 0 Å². The monoisotopic (exact) mass is 366 g/mol. The Kier molecular flexibility index (Phi) is 5.69. The fraction of sp³-hybridized carbons (Fsp3) is 0.0769. The highest BCUT2D eigenvalue weighted by Crippen LogP contribution is 2.29. The van der Waals surface area contributed by atoms with Crippen LogP contribution in [0.2, 0.25) is 0 Å². The number of benzene rings is 4. The van der Waals surface area contributed by atoms with Gasteiger partial charge in [0, 0.05) is 0 Å². The molecule has 2 nitrogen and oxygen atoms in total. The van der Waals surface area contributed by atoms with Crippen LogP contribution < -0.4 is 9.47 Å². The van der Waals surface area contributed by atoms with Crippen molar-refractivity contribution in [2.45, 2.75) is 12.7 Å². The molecule has 0 saturated carbocycles. The highest BCUT2D eigenvalue weighted by Gasteiger charge is 2.15. The molecule has 0 unspecified atom stereocenters. The minimum atomic E-state index is -0.154. The lowest BCUT2D eigenvalue weighted by Crippen LogP contribution is -2.09. The molecule has 0 aliphatic rings. The number of ether oxygens (including phenoxy) is 2. The van der Waals surface area contributed by atoms with Crippen LogP contribution in [0, 0.1) is 0 Å². The SMILES string of the molecule is c1ccc(COc2ccc(OC(c3ccccc3)c3ccccc3)cc2)cc1. The largest absolute Gasteiger partial charge is 0.489 e. The van der Waals surface area contributed by atoms with Crippen LogP contribution in [-0.2, 0) is 6.61 Å². The lowest BCUT2D eigenvalue weighted by Gasteiger charge is -2.20. The number of hydrogen-bond donors (Lipinski definition) is 0. The Hall–Kier alpha value is -3.52. The Balaban J connectivity index is 1.48. The van der Waals surface area contributed by atoms with Gasteiger partial charge in [0.25, 0.3) is 0 Å². The van der Waals surface area contributed by atoms with Crippen LogP contribution in [0.5, 0.6) is 11.5 Å². The van der Waals surface area contributed by atoms with Gasteiger partial charge in [0.05, 0.1) is 0 Å². The van der Waals surface area contributed by atoms with Crippen LogP contribution in [0.25, 0.3) is 0 Å². The Morgan fingerprint density at radius 2 is 0.964 bits per heavy atom. The van der Waals surface area contributed by atoms with Gasteiger partial charge < -0.3 is 9.47 Å². The molecule has 4 aromatic rings. The Morgan fingerprint density at radius 3 is 1.50 bits per heavy atom. The zero-order valence-corrected chi connectivity index (χ0v) is 15.6. The van der Waals surface area contributed by atoms with E-state index in [4.69, 9.17) is 9.47 Å². The maximum absolute atomic E-state index is 6.35. The molecule has 138 valence electrons. The summed E-state index contributed by atoms with van der Waals surface area (Å²) in [5, 5.41) is 0. The predicted molar refractivity (Wildman–Crippen MR) is 113 cm³/mol. The average Bonchev–Trinajstić information content (AvgIpc) is 2.79. The third-order valence-corrected chi connectivity index (χ3v) is 4.53. The van der Waals surface area contributed by atoms with Crippen LogP contribution >= 0.6 is 0 Å². The Bertz CT molecular complexity index is 926. The van der Waals surface area contributed by atoms with E-state index in [9.17, 15) is 0 Å². The average molecular weight is 366 g/mol. The molecule has 0 N–H and O–H groups in total. The van der Waals surface area contributed by atoms with Crippen molar-refractivity contribution in [2.24, 2.45) is 0 Å². The van der Waals surface area contributed by atoms with Crippen molar-refractivity contribution in [3.8, 4) is 11.5 Å². The van der Waals surface area contributed by atoms with E-state index in [2.05, 4.69) is 36.4 Å². The predicted octanol–water partition coefficient (Wildman–Crippen LogP) is 6.43. The van der Waals surface area contributed by atoms with Crippen molar-refractivity contribution in [1.29, 1.82) is 0 Å². The van der Waals surface area contributed by atoms with Gasteiger partial charge in [0.15, 0.2) is 0 Å². The molecule has 4 rings (SSSR count). The minimum Gasteiger partial charge on any atom is -0.489 e. The van der Waals surface area contributed by atoms with Crippen LogP contribution in [0.3, 0.4) is 0 Å².